The van der Waals surface area contributed by atoms with E-state index in [9.17, 15) is 0 Å². The van der Waals surface area contributed by atoms with Crippen molar-refractivity contribution in [2.45, 2.75) is 98.7 Å². The summed E-state index contributed by atoms with van der Waals surface area (Å²) in [6.45, 7) is 16.8. The van der Waals surface area contributed by atoms with Gasteiger partial charge in [0, 0.05) is 81.1 Å². The summed E-state index contributed by atoms with van der Waals surface area (Å²) in [5, 5.41) is 0. The van der Waals surface area contributed by atoms with Crippen molar-refractivity contribution in [1.29, 1.82) is 0 Å². The van der Waals surface area contributed by atoms with E-state index in [0.29, 0.717) is 52.6 Å². The van der Waals surface area contributed by atoms with E-state index in [0.717, 1.165) is 168 Å². The highest BCUT2D eigenvalue weighted by Crippen LogP contribution is 2.37. The Kier molecular flexibility index (Phi) is 19.6. The predicted molar refractivity (Wildman–Crippen MR) is 304 cm³/mol. The van der Waals surface area contributed by atoms with Crippen molar-refractivity contribution in [1.82, 2.24) is 9.88 Å². The number of hydrogen-bond acceptors (Lipinski definition) is 8. The van der Waals surface area contributed by atoms with E-state index in [1.165, 1.54) is 0 Å². The third-order valence-corrected chi connectivity index (χ3v) is 13.9. The number of unbranched alkanes of at least 4 members (excludes halogenated alkanes) is 4. The van der Waals surface area contributed by atoms with Crippen molar-refractivity contribution in [2.24, 2.45) is 15.0 Å². The maximum Gasteiger partial charge on any atom is 0.216 e. The largest absolute Gasteiger partial charge is 0.380 e. The summed E-state index contributed by atoms with van der Waals surface area (Å²) in [5.41, 5.74) is 14.7. The van der Waals surface area contributed by atoms with Gasteiger partial charge in [0.1, 0.15) is 19.8 Å². The third kappa shape index (κ3) is 13.2. The van der Waals surface area contributed by atoms with E-state index in [1.54, 1.807) is 0 Å². The van der Waals surface area contributed by atoms with Gasteiger partial charge in [0.05, 0.1) is 74.6 Å². The van der Waals surface area contributed by atoms with E-state index in [4.69, 9.17) is 33.9 Å². The van der Waals surface area contributed by atoms with E-state index in [1.807, 2.05) is 0 Å². The first-order valence-electron chi connectivity index (χ1n) is 28.0. The number of H-pyrrole nitrogens is 1. The second-order valence-electron chi connectivity index (χ2n) is 19.4. The smallest absolute Gasteiger partial charge is 0.216 e. The molecule has 0 saturated heterocycles. The number of hydrogen-bond donors (Lipinski definition) is 1. The molecule has 0 amide bonds. The Morgan fingerprint density at radius 2 is 0.829 bits per heavy atom. The van der Waals surface area contributed by atoms with Crippen LogP contribution in [0.5, 0.6) is 0 Å². The molecule has 76 heavy (non-hydrogen) atoms. The van der Waals surface area contributed by atoms with E-state index >= 15 is 0 Å². The molecule has 0 radical (unpaired) electrons. The molecule has 0 saturated carbocycles. The van der Waals surface area contributed by atoms with Gasteiger partial charge in [-0.15, -0.1) is 0 Å². The Morgan fingerprint density at radius 3 is 1.28 bits per heavy atom. The molecule has 1 N–H and O–H groups in total. The average Bonchev–Trinajstić information content (AvgIpc) is 4.32. The van der Waals surface area contributed by atoms with Crippen LogP contribution in [0.1, 0.15) is 108 Å². The first-order valence-corrected chi connectivity index (χ1v) is 28.0. The van der Waals surface area contributed by atoms with Gasteiger partial charge in [-0.1, -0.05) is 59.5 Å². The van der Waals surface area contributed by atoms with Gasteiger partial charge in [0.25, 0.3) is 0 Å². The molecule has 0 spiro atoms. The number of pyridine rings is 3. The number of aliphatic imine (C=N–C) groups is 3. The lowest BCUT2D eigenvalue weighted by Gasteiger charge is -2.26. The number of nitrogens with zero attached hydrogens (tertiary/aromatic N) is 7. The molecular formula is C64H77N8O4+3. The van der Waals surface area contributed by atoms with Crippen LogP contribution in [0.15, 0.2) is 190 Å². The van der Waals surface area contributed by atoms with Gasteiger partial charge in [-0.3, -0.25) is 0 Å². The molecule has 4 aromatic heterocycles. The SMILES string of the molecule is CCCCOCCN1C=CC=C/C1=C1\C2=NC(=C(c3cccc[n+]3CCOCCCC)C3=NC(=C(c4cccc[n+]4CCOCCCC)c4ccc([nH]4)C(c4cccc[n+]4CCOCCCC)=C4C=CC1=N4)C=C3)C=C2. The van der Waals surface area contributed by atoms with Crippen molar-refractivity contribution in [3.8, 4) is 0 Å². The molecular weight excluding hydrogens is 945 g/mol. The van der Waals surface area contributed by atoms with Gasteiger partial charge in [-0.2, -0.15) is 13.7 Å². The standard InChI is InChI=1S/C64H77N8O4/c1-5-9-41-73-45-37-69-33-17-13-21-57(69)61-49-25-27-51(65-49)62(58-22-14-18-34-70(58)38-46-74-42-10-6-2)53-29-31-55(67-53)64(60-24-16-20-36-72(60)40-48-76-44-12-8-4)56-32-30-54(68-56)63(52-28-26-50(61)66-52)59-23-15-19-35-71(59)39-47-75-43-11-7-3/h13-36,65H,5-12,37-48H2,1-4H3/q+3. The first kappa shape index (κ1) is 53.9. The van der Waals surface area contributed by atoms with Crippen LogP contribution in [0.3, 0.4) is 0 Å². The summed E-state index contributed by atoms with van der Waals surface area (Å²) in [7, 11) is 0. The fourth-order valence-corrected chi connectivity index (χ4v) is 9.85. The molecule has 8 bridgehead atoms. The first-order chi connectivity index (χ1) is 37.6. The van der Waals surface area contributed by atoms with Crippen LogP contribution >= 0.6 is 0 Å². The van der Waals surface area contributed by atoms with E-state index in [2.05, 4.69) is 197 Å². The molecule has 0 unspecified atom stereocenters. The van der Waals surface area contributed by atoms with Crippen LogP contribution in [0.25, 0.3) is 16.7 Å². The molecule has 12 nitrogen and oxygen atoms in total. The summed E-state index contributed by atoms with van der Waals surface area (Å²) in [6, 6.07) is 23.5. The van der Waals surface area contributed by atoms with Crippen LogP contribution in [0, 0.1) is 0 Å². The Labute approximate surface area is 450 Å². The minimum atomic E-state index is 0.589. The van der Waals surface area contributed by atoms with Crippen LogP contribution < -0.4 is 13.7 Å². The molecule has 4 aromatic rings. The van der Waals surface area contributed by atoms with Crippen molar-refractivity contribution in [3.05, 3.63) is 203 Å². The Bertz CT molecular complexity index is 3060. The lowest BCUT2D eigenvalue weighted by atomic mass is 10.00. The maximum absolute atomic E-state index is 6.17. The summed E-state index contributed by atoms with van der Waals surface area (Å²) < 4.78 is 31.5. The van der Waals surface area contributed by atoms with Gasteiger partial charge in [0.2, 0.25) is 17.1 Å². The average molecular weight is 1020 g/mol. The highest BCUT2D eigenvalue weighted by Gasteiger charge is 2.33. The number of aromatic amines is 1. The number of rotatable bonds is 27. The lowest BCUT2D eigenvalue weighted by Crippen LogP contribution is -2.40. The predicted octanol–water partition coefficient (Wildman–Crippen LogP) is 10.8. The molecule has 0 aromatic carbocycles. The number of aromatic nitrogens is 4. The van der Waals surface area contributed by atoms with Crippen molar-refractivity contribution >= 4 is 33.9 Å². The molecule has 12 heteroatoms. The van der Waals surface area contributed by atoms with Crippen molar-refractivity contribution < 1.29 is 32.6 Å². The highest BCUT2D eigenvalue weighted by atomic mass is 16.5. The molecule has 0 fully saturated rings. The van der Waals surface area contributed by atoms with Crippen molar-refractivity contribution in [2.75, 3.05) is 59.4 Å². The van der Waals surface area contributed by atoms with Gasteiger partial charge in [0.15, 0.2) is 38.2 Å². The lowest BCUT2D eigenvalue weighted by molar-refractivity contribution is -0.700. The van der Waals surface area contributed by atoms with E-state index < -0.39 is 0 Å². The topological polar surface area (TPSA) is 105 Å². The summed E-state index contributed by atoms with van der Waals surface area (Å²) in [6.07, 6.45) is 36.4. The quantitative estimate of drug-likeness (QED) is 0.0473. The zero-order valence-corrected chi connectivity index (χ0v) is 45.3. The minimum Gasteiger partial charge on any atom is -0.380 e. The minimum absolute atomic E-state index is 0.589. The number of fused-ring (bicyclic) bond motifs is 5. The zero-order valence-electron chi connectivity index (χ0n) is 45.3. The Hall–Kier alpha value is -6.96. The Balaban J connectivity index is 1.28. The summed E-state index contributed by atoms with van der Waals surface area (Å²) >= 11 is 0. The van der Waals surface area contributed by atoms with Crippen LogP contribution in [0.2, 0.25) is 0 Å². The molecule has 0 atom stereocenters. The van der Waals surface area contributed by atoms with Gasteiger partial charge < -0.3 is 28.8 Å². The number of allylic oxidation sites excluding steroid dienone is 11. The Morgan fingerprint density at radius 1 is 0.421 bits per heavy atom. The van der Waals surface area contributed by atoms with Crippen LogP contribution in [-0.2, 0) is 38.6 Å². The second-order valence-corrected chi connectivity index (χ2v) is 19.4. The van der Waals surface area contributed by atoms with Gasteiger partial charge >= 0.3 is 0 Å². The third-order valence-electron chi connectivity index (χ3n) is 13.9. The van der Waals surface area contributed by atoms with Crippen LogP contribution in [0.4, 0.5) is 0 Å². The zero-order chi connectivity index (χ0) is 52.3. The molecule has 394 valence electrons. The molecule has 5 aliphatic heterocycles. The summed E-state index contributed by atoms with van der Waals surface area (Å²) in [4.78, 5) is 23.2. The van der Waals surface area contributed by atoms with Gasteiger partial charge in [-0.25, -0.2) is 15.0 Å². The van der Waals surface area contributed by atoms with Gasteiger partial charge in [-0.05, 0) is 105 Å². The second kappa shape index (κ2) is 27.7. The normalized spacial score (nSPS) is 16.8. The van der Waals surface area contributed by atoms with E-state index in [-0.39, 0.29) is 0 Å². The fraction of sp³-hybridized carbons (Fsp3) is 0.375. The monoisotopic (exact) mass is 1020 g/mol. The molecule has 9 heterocycles. The highest BCUT2D eigenvalue weighted by molar-refractivity contribution is 6.36. The van der Waals surface area contributed by atoms with Crippen LogP contribution in [-0.4, -0.2) is 86.4 Å². The molecule has 9 rings (SSSR count). The fourth-order valence-electron chi connectivity index (χ4n) is 9.85. The number of nitrogens with one attached hydrogen (secondary N) is 1. The molecule has 0 aliphatic carbocycles. The molecule has 5 aliphatic rings. The summed E-state index contributed by atoms with van der Waals surface area (Å²) in [5.74, 6) is 0. The van der Waals surface area contributed by atoms with Crippen molar-refractivity contribution in [3.63, 3.8) is 0 Å². The maximum atomic E-state index is 6.17. The number of ether oxygens (including phenoxy) is 4.